The minimum absolute atomic E-state index is 0. The normalized spacial score (nSPS) is 11.0. The molecule has 2 aromatic carbocycles. The van der Waals surface area contributed by atoms with Gasteiger partial charge in [0.1, 0.15) is 17.2 Å². The summed E-state index contributed by atoms with van der Waals surface area (Å²) in [5.41, 5.74) is 2.12. The third-order valence-electron chi connectivity index (χ3n) is 3.92. The lowest BCUT2D eigenvalue weighted by atomic mass is 10.1. The molecule has 0 atom stereocenters. The van der Waals surface area contributed by atoms with Crippen molar-refractivity contribution in [2.45, 2.75) is 33.5 Å². The maximum absolute atomic E-state index is 12.6. The highest BCUT2D eigenvalue weighted by atomic mass is 127. The quantitative estimate of drug-likeness (QED) is 0.276. The number of benzene rings is 2. The molecule has 0 bridgehead atoms. The van der Waals surface area contributed by atoms with Gasteiger partial charge in [-0.05, 0) is 38.1 Å². The number of guanidine groups is 1. The topological polar surface area (TPSA) is 75.1 Å². The maximum Gasteiger partial charge on any atom is 0.387 e. The highest BCUT2D eigenvalue weighted by Gasteiger charge is 2.10. The van der Waals surface area contributed by atoms with E-state index in [0.29, 0.717) is 35.9 Å². The van der Waals surface area contributed by atoms with Crippen LogP contribution in [0.4, 0.5) is 8.78 Å². The number of hydrogen-bond acceptors (Lipinski definition) is 4. The van der Waals surface area contributed by atoms with Crippen molar-refractivity contribution in [2.24, 2.45) is 4.99 Å². The van der Waals surface area contributed by atoms with Crippen molar-refractivity contribution in [3.8, 4) is 17.2 Å². The number of hydrogen-bond donors (Lipinski definition) is 3. The van der Waals surface area contributed by atoms with E-state index < -0.39 is 6.61 Å². The fraction of sp³-hybridized carbons (Fsp3) is 0.350. The Labute approximate surface area is 186 Å². The minimum atomic E-state index is -2.90. The Balaban J connectivity index is 0.00000420. The zero-order chi connectivity index (χ0) is 20.5. The molecule has 0 aliphatic heterocycles. The average molecular weight is 521 g/mol. The summed E-state index contributed by atoms with van der Waals surface area (Å²) in [5.74, 6) is 1.35. The molecule has 0 aromatic heterocycles. The Morgan fingerprint density at radius 1 is 1.14 bits per heavy atom. The standard InChI is InChI=1S/C20H25F2N3O3.HI/c1-4-23-20(24-11-14-10-16(27-3)6-7-17(14)26)25-12-15-9-13(2)5-8-18(15)28-19(21)22;/h5-10,19,26H,4,11-12H2,1-3H3,(H2,23,24,25);1H. The summed E-state index contributed by atoms with van der Waals surface area (Å²) >= 11 is 0. The van der Waals surface area contributed by atoms with Gasteiger partial charge >= 0.3 is 6.61 Å². The molecule has 0 spiro atoms. The molecule has 0 saturated heterocycles. The fourth-order valence-electron chi connectivity index (χ4n) is 2.56. The maximum atomic E-state index is 12.6. The Morgan fingerprint density at radius 3 is 2.55 bits per heavy atom. The SMILES string of the molecule is CCNC(=NCc1cc(C)ccc1OC(F)F)NCc1cc(OC)ccc1O.I. The van der Waals surface area contributed by atoms with Crippen molar-refractivity contribution in [1.29, 1.82) is 0 Å². The van der Waals surface area contributed by atoms with Gasteiger partial charge in [-0.1, -0.05) is 17.7 Å². The summed E-state index contributed by atoms with van der Waals surface area (Å²) in [7, 11) is 1.55. The number of aliphatic imine (C=N–C) groups is 1. The summed E-state index contributed by atoms with van der Waals surface area (Å²) in [6, 6.07) is 9.93. The summed E-state index contributed by atoms with van der Waals surface area (Å²) in [5, 5.41) is 16.2. The van der Waals surface area contributed by atoms with Crippen molar-refractivity contribution >= 4 is 29.9 Å². The molecule has 0 fully saturated rings. The first-order chi connectivity index (χ1) is 13.4. The highest BCUT2D eigenvalue weighted by molar-refractivity contribution is 14.0. The number of nitrogens with one attached hydrogen (secondary N) is 2. The highest BCUT2D eigenvalue weighted by Crippen LogP contribution is 2.24. The van der Waals surface area contributed by atoms with Crippen LogP contribution in [0.1, 0.15) is 23.6 Å². The van der Waals surface area contributed by atoms with Crippen LogP contribution in [0.25, 0.3) is 0 Å². The second-order valence-electron chi connectivity index (χ2n) is 6.03. The molecule has 160 valence electrons. The molecule has 9 heteroatoms. The number of phenols is 1. The number of nitrogens with zero attached hydrogens (tertiary/aromatic N) is 1. The van der Waals surface area contributed by atoms with Crippen LogP contribution in [0, 0.1) is 6.92 Å². The molecular weight excluding hydrogens is 495 g/mol. The molecule has 0 amide bonds. The molecule has 2 aromatic rings. The van der Waals surface area contributed by atoms with E-state index >= 15 is 0 Å². The molecule has 0 heterocycles. The molecule has 2 rings (SSSR count). The number of alkyl halides is 2. The van der Waals surface area contributed by atoms with Gasteiger partial charge < -0.3 is 25.2 Å². The number of rotatable bonds is 8. The number of phenolic OH excluding ortho intramolecular Hbond substituents is 1. The summed E-state index contributed by atoms with van der Waals surface area (Å²) in [4.78, 5) is 4.44. The van der Waals surface area contributed by atoms with Crippen molar-refractivity contribution in [3.63, 3.8) is 0 Å². The van der Waals surface area contributed by atoms with Crippen LogP contribution < -0.4 is 20.1 Å². The Kier molecular flexibility index (Phi) is 10.5. The van der Waals surface area contributed by atoms with Gasteiger partial charge in [-0.3, -0.25) is 0 Å². The second kappa shape index (κ2) is 12.3. The van der Waals surface area contributed by atoms with E-state index in [4.69, 9.17) is 4.74 Å². The van der Waals surface area contributed by atoms with Crippen molar-refractivity contribution < 1.29 is 23.4 Å². The lowest BCUT2D eigenvalue weighted by Crippen LogP contribution is -2.36. The Bertz CT molecular complexity index is 820. The van der Waals surface area contributed by atoms with Gasteiger partial charge in [0.25, 0.3) is 0 Å². The lowest BCUT2D eigenvalue weighted by Gasteiger charge is -2.14. The molecule has 0 aliphatic carbocycles. The van der Waals surface area contributed by atoms with E-state index in [1.807, 2.05) is 13.8 Å². The number of halogens is 3. The zero-order valence-corrected chi connectivity index (χ0v) is 18.9. The first-order valence-electron chi connectivity index (χ1n) is 8.85. The van der Waals surface area contributed by atoms with E-state index in [1.165, 1.54) is 6.07 Å². The van der Waals surface area contributed by atoms with Crippen LogP contribution in [-0.4, -0.2) is 31.3 Å². The number of methoxy groups -OCH3 is 1. The van der Waals surface area contributed by atoms with E-state index in [-0.39, 0.29) is 42.0 Å². The van der Waals surface area contributed by atoms with Crippen LogP contribution in [0.2, 0.25) is 0 Å². The molecule has 0 unspecified atom stereocenters. The summed E-state index contributed by atoms with van der Waals surface area (Å²) < 4.78 is 35.0. The first-order valence-corrected chi connectivity index (χ1v) is 8.85. The van der Waals surface area contributed by atoms with Gasteiger partial charge in [0.05, 0.1) is 13.7 Å². The number of ether oxygens (including phenoxy) is 2. The van der Waals surface area contributed by atoms with Crippen LogP contribution in [0.5, 0.6) is 17.2 Å². The Hall–Kier alpha value is -2.30. The molecular formula is C20H26F2IN3O3. The van der Waals surface area contributed by atoms with Crippen molar-refractivity contribution in [1.82, 2.24) is 10.6 Å². The van der Waals surface area contributed by atoms with E-state index in [9.17, 15) is 13.9 Å². The largest absolute Gasteiger partial charge is 0.508 e. The zero-order valence-electron chi connectivity index (χ0n) is 16.5. The summed E-state index contributed by atoms with van der Waals surface area (Å²) in [6.07, 6.45) is 0. The van der Waals surface area contributed by atoms with Gasteiger partial charge in [0.15, 0.2) is 5.96 Å². The predicted molar refractivity (Wildman–Crippen MR) is 120 cm³/mol. The van der Waals surface area contributed by atoms with Gasteiger partial charge in [-0.15, -0.1) is 24.0 Å². The van der Waals surface area contributed by atoms with Crippen LogP contribution in [-0.2, 0) is 13.1 Å². The lowest BCUT2D eigenvalue weighted by molar-refractivity contribution is -0.0504. The Morgan fingerprint density at radius 2 is 1.90 bits per heavy atom. The van der Waals surface area contributed by atoms with Crippen LogP contribution >= 0.6 is 24.0 Å². The number of aromatic hydroxyl groups is 1. The molecule has 3 N–H and O–H groups in total. The van der Waals surface area contributed by atoms with E-state index in [1.54, 1.807) is 37.4 Å². The predicted octanol–water partition coefficient (Wildman–Crippen LogP) is 4.18. The fourth-order valence-corrected chi connectivity index (χ4v) is 2.56. The van der Waals surface area contributed by atoms with E-state index in [2.05, 4.69) is 20.4 Å². The number of aryl methyl sites for hydroxylation is 1. The van der Waals surface area contributed by atoms with E-state index in [0.717, 1.165) is 5.56 Å². The average Bonchev–Trinajstić information content (AvgIpc) is 2.66. The smallest absolute Gasteiger partial charge is 0.387 e. The third-order valence-corrected chi connectivity index (χ3v) is 3.92. The van der Waals surface area contributed by atoms with Crippen molar-refractivity contribution in [3.05, 3.63) is 53.1 Å². The van der Waals surface area contributed by atoms with Gasteiger partial charge in [0, 0.05) is 24.2 Å². The van der Waals surface area contributed by atoms with Gasteiger partial charge in [-0.2, -0.15) is 8.78 Å². The van der Waals surface area contributed by atoms with Gasteiger partial charge in [-0.25, -0.2) is 4.99 Å². The molecule has 29 heavy (non-hydrogen) atoms. The van der Waals surface area contributed by atoms with Gasteiger partial charge in [0.2, 0.25) is 0 Å². The van der Waals surface area contributed by atoms with Crippen LogP contribution in [0.3, 0.4) is 0 Å². The third kappa shape index (κ3) is 7.92. The molecule has 0 aliphatic rings. The first kappa shape index (κ1) is 24.7. The molecule has 6 nitrogen and oxygen atoms in total. The monoisotopic (exact) mass is 521 g/mol. The second-order valence-corrected chi connectivity index (χ2v) is 6.03. The van der Waals surface area contributed by atoms with Crippen molar-refractivity contribution in [2.75, 3.05) is 13.7 Å². The van der Waals surface area contributed by atoms with Crippen LogP contribution in [0.15, 0.2) is 41.4 Å². The minimum Gasteiger partial charge on any atom is -0.508 e. The molecule has 0 radical (unpaired) electrons. The summed E-state index contributed by atoms with van der Waals surface area (Å²) in [6.45, 7) is 1.97. The molecule has 0 saturated carbocycles.